The Hall–Kier alpha value is -2.52. The van der Waals surface area contributed by atoms with Crippen molar-refractivity contribution in [1.82, 2.24) is 5.32 Å². The molecule has 0 unspecified atom stereocenters. The lowest BCUT2D eigenvalue weighted by Gasteiger charge is -2.20. The summed E-state index contributed by atoms with van der Waals surface area (Å²) in [5, 5.41) is 6.78. The molecule has 0 saturated carbocycles. The Labute approximate surface area is 180 Å². The van der Waals surface area contributed by atoms with Crippen LogP contribution in [-0.4, -0.2) is 55.8 Å². The van der Waals surface area contributed by atoms with Crippen molar-refractivity contribution in [3.05, 3.63) is 65.7 Å². The first-order valence-corrected chi connectivity index (χ1v) is 10.2. The summed E-state index contributed by atoms with van der Waals surface area (Å²) in [6.07, 6.45) is -0.371. The minimum atomic E-state index is -0.398. The van der Waals surface area contributed by atoms with Gasteiger partial charge >= 0.3 is 5.97 Å². The standard InChI is InChI=1S/C22H24N2O5S/c1-26-21(25)15-8-5-9-16(10-15)23-22(30)24-17-12-28-20-18(13-29-19(17)20)27-11-14-6-3-2-4-7-14/h2-10,17-20H,11-13H2,1H3,(H2,23,24,30)/t17-,18-,19-,20+/m1/s1. The van der Waals surface area contributed by atoms with Gasteiger partial charge in [0.05, 0.1) is 38.5 Å². The normalized spacial score (nSPS) is 24.8. The van der Waals surface area contributed by atoms with Crippen molar-refractivity contribution in [2.75, 3.05) is 25.6 Å². The second-order valence-corrected chi connectivity index (χ2v) is 7.62. The third kappa shape index (κ3) is 4.79. The van der Waals surface area contributed by atoms with Gasteiger partial charge in [-0.2, -0.15) is 0 Å². The number of rotatable bonds is 6. The minimum absolute atomic E-state index is 0.0795. The number of thiocarbonyl (C=S) groups is 1. The number of fused-ring (bicyclic) bond motifs is 1. The van der Waals surface area contributed by atoms with Gasteiger partial charge in [-0.1, -0.05) is 36.4 Å². The average molecular weight is 429 g/mol. The van der Waals surface area contributed by atoms with Gasteiger partial charge in [0.25, 0.3) is 0 Å². The molecule has 30 heavy (non-hydrogen) atoms. The molecule has 2 aromatic rings. The number of nitrogens with one attached hydrogen (secondary N) is 2. The molecule has 0 spiro atoms. The molecule has 0 bridgehead atoms. The van der Waals surface area contributed by atoms with E-state index in [2.05, 4.69) is 10.6 Å². The van der Waals surface area contributed by atoms with E-state index in [0.717, 1.165) is 5.56 Å². The molecule has 4 rings (SSSR count). The summed E-state index contributed by atoms with van der Waals surface area (Å²) in [5.74, 6) is -0.398. The van der Waals surface area contributed by atoms with Crippen molar-refractivity contribution < 1.29 is 23.7 Å². The molecule has 2 N–H and O–H groups in total. The van der Waals surface area contributed by atoms with Gasteiger partial charge in [-0.05, 0) is 36.0 Å². The number of benzene rings is 2. The summed E-state index contributed by atoms with van der Waals surface area (Å²) in [6.45, 7) is 1.49. The maximum absolute atomic E-state index is 11.7. The van der Waals surface area contributed by atoms with Gasteiger partial charge in [-0.25, -0.2) is 4.79 Å². The highest BCUT2D eigenvalue weighted by Crippen LogP contribution is 2.29. The van der Waals surface area contributed by atoms with Crippen LogP contribution in [-0.2, 0) is 25.6 Å². The molecule has 2 aliphatic rings. The van der Waals surface area contributed by atoms with E-state index in [9.17, 15) is 4.79 Å². The largest absolute Gasteiger partial charge is 0.465 e. The molecule has 158 valence electrons. The zero-order valence-electron chi connectivity index (χ0n) is 16.6. The van der Waals surface area contributed by atoms with Gasteiger partial charge in [0.15, 0.2) is 5.11 Å². The van der Waals surface area contributed by atoms with Crippen LogP contribution >= 0.6 is 12.2 Å². The fourth-order valence-corrected chi connectivity index (χ4v) is 3.95. The Kier molecular flexibility index (Phi) is 6.59. The van der Waals surface area contributed by atoms with Gasteiger partial charge < -0.3 is 29.6 Å². The minimum Gasteiger partial charge on any atom is -0.465 e. The third-order valence-electron chi connectivity index (χ3n) is 5.17. The van der Waals surface area contributed by atoms with Gasteiger partial charge in [-0.15, -0.1) is 0 Å². The van der Waals surface area contributed by atoms with E-state index in [1.165, 1.54) is 7.11 Å². The van der Waals surface area contributed by atoms with E-state index >= 15 is 0 Å². The Balaban J connectivity index is 1.29. The Morgan fingerprint density at radius 3 is 2.70 bits per heavy atom. The lowest BCUT2D eigenvalue weighted by molar-refractivity contribution is -0.0391. The Bertz CT molecular complexity index is 894. The zero-order chi connectivity index (χ0) is 20.9. The molecule has 2 saturated heterocycles. The predicted molar refractivity (Wildman–Crippen MR) is 115 cm³/mol. The monoisotopic (exact) mass is 428 g/mol. The summed E-state index contributed by atoms with van der Waals surface area (Å²) in [4.78, 5) is 11.7. The lowest BCUT2D eigenvalue weighted by Crippen LogP contribution is -2.46. The van der Waals surface area contributed by atoms with Crippen LogP contribution < -0.4 is 10.6 Å². The molecule has 2 aromatic carbocycles. The fraction of sp³-hybridized carbons (Fsp3) is 0.364. The summed E-state index contributed by atoms with van der Waals surface area (Å²) in [6, 6.07) is 16.9. The van der Waals surface area contributed by atoms with Crippen LogP contribution in [0.2, 0.25) is 0 Å². The Morgan fingerprint density at radius 2 is 1.90 bits per heavy atom. The number of anilines is 1. The van der Waals surface area contributed by atoms with Crippen molar-refractivity contribution in [2.24, 2.45) is 0 Å². The number of hydrogen-bond donors (Lipinski definition) is 2. The van der Waals surface area contributed by atoms with E-state index in [1.54, 1.807) is 18.2 Å². The average Bonchev–Trinajstić information content (AvgIpc) is 3.35. The van der Waals surface area contributed by atoms with E-state index in [4.69, 9.17) is 31.2 Å². The SMILES string of the molecule is COC(=O)c1cccc(NC(=S)N[C@@H]2CO[C@@H]3[C@@H]2OC[C@H]3OCc2ccccc2)c1. The molecule has 0 amide bonds. The number of methoxy groups -OCH3 is 1. The van der Waals surface area contributed by atoms with Gasteiger partial charge in [0.1, 0.15) is 18.3 Å². The predicted octanol–water partition coefficient (Wildman–Crippen LogP) is 2.51. The lowest BCUT2D eigenvalue weighted by atomic mass is 10.1. The highest BCUT2D eigenvalue weighted by molar-refractivity contribution is 7.80. The molecule has 0 aromatic heterocycles. The second-order valence-electron chi connectivity index (χ2n) is 7.21. The molecular formula is C22H24N2O5S. The first-order valence-electron chi connectivity index (χ1n) is 9.78. The van der Waals surface area contributed by atoms with Crippen molar-refractivity contribution in [2.45, 2.75) is 31.0 Å². The summed E-state index contributed by atoms with van der Waals surface area (Å²) in [5.41, 5.74) is 2.27. The van der Waals surface area contributed by atoms with E-state index < -0.39 is 5.97 Å². The van der Waals surface area contributed by atoms with Crippen molar-refractivity contribution >= 4 is 29.0 Å². The quantitative estimate of drug-likeness (QED) is 0.537. The molecule has 7 nitrogen and oxygen atoms in total. The number of esters is 1. The fourth-order valence-electron chi connectivity index (χ4n) is 3.69. The summed E-state index contributed by atoms with van der Waals surface area (Å²) in [7, 11) is 1.35. The molecule has 8 heteroatoms. The maximum atomic E-state index is 11.7. The van der Waals surface area contributed by atoms with Gasteiger partial charge in [0.2, 0.25) is 0 Å². The van der Waals surface area contributed by atoms with E-state index in [0.29, 0.717) is 36.2 Å². The molecule has 0 aliphatic carbocycles. The molecule has 2 fully saturated rings. The number of carbonyl (C=O) groups excluding carboxylic acids is 1. The van der Waals surface area contributed by atoms with Crippen LogP contribution in [0.1, 0.15) is 15.9 Å². The van der Waals surface area contributed by atoms with Gasteiger partial charge in [0, 0.05) is 5.69 Å². The van der Waals surface area contributed by atoms with Crippen LogP contribution in [0.15, 0.2) is 54.6 Å². The van der Waals surface area contributed by atoms with E-state index in [-0.39, 0.29) is 24.4 Å². The molecular weight excluding hydrogens is 404 g/mol. The summed E-state index contributed by atoms with van der Waals surface area (Å²) >= 11 is 5.43. The van der Waals surface area contributed by atoms with Crippen molar-refractivity contribution in [1.29, 1.82) is 0 Å². The first kappa shape index (κ1) is 20.7. The zero-order valence-corrected chi connectivity index (χ0v) is 17.4. The second kappa shape index (κ2) is 9.53. The van der Waals surface area contributed by atoms with Crippen molar-refractivity contribution in [3.63, 3.8) is 0 Å². The highest BCUT2D eigenvalue weighted by Gasteiger charge is 2.48. The number of hydrogen-bond acceptors (Lipinski definition) is 6. The van der Waals surface area contributed by atoms with E-state index in [1.807, 2.05) is 36.4 Å². The highest BCUT2D eigenvalue weighted by atomic mass is 32.1. The van der Waals surface area contributed by atoms with Crippen LogP contribution in [0.5, 0.6) is 0 Å². The molecule has 2 heterocycles. The topological polar surface area (TPSA) is 78.1 Å². The molecule has 0 radical (unpaired) electrons. The third-order valence-corrected chi connectivity index (χ3v) is 5.39. The Morgan fingerprint density at radius 1 is 1.10 bits per heavy atom. The van der Waals surface area contributed by atoms with Crippen LogP contribution in [0.25, 0.3) is 0 Å². The number of ether oxygens (including phenoxy) is 4. The summed E-state index contributed by atoms with van der Waals surface area (Å²) < 4.78 is 22.7. The maximum Gasteiger partial charge on any atom is 0.337 e. The van der Waals surface area contributed by atoms with Crippen molar-refractivity contribution in [3.8, 4) is 0 Å². The van der Waals surface area contributed by atoms with Gasteiger partial charge in [-0.3, -0.25) is 0 Å². The van der Waals surface area contributed by atoms with Crippen LogP contribution in [0.4, 0.5) is 5.69 Å². The molecule has 4 atom stereocenters. The first-order chi connectivity index (χ1) is 14.6. The smallest absolute Gasteiger partial charge is 0.337 e. The molecule has 2 aliphatic heterocycles. The van der Waals surface area contributed by atoms with Crippen LogP contribution in [0, 0.1) is 0 Å². The van der Waals surface area contributed by atoms with Crippen LogP contribution in [0.3, 0.4) is 0 Å². The number of carbonyl (C=O) groups is 1.